The van der Waals surface area contributed by atoms with Gasteiger partial charge in [0.1, 0.15) is 11.6 Å². The molecule has 0 saturated heterocycles. The van der Waals surface area contributed by atoms with Gasteiger partial charge < -0.3 is 5.32 Å². The van der Waals surface area contributed by atoms with Gasteiger partial charge in [-0.25, -0.2) is 9.37 Å². The largest absolute Gasteiger partial charge is 0.417 e. The first-order valence-electron chi connectivity index (χ1n) is 8.82. The maximum Gasteiger partial charge on any atom is 0.417 e. The highest BCUT2D eigenvalue weighted by molar-refractivity contribution is 8.00. The number of nitrogens with zero attached hydrogens (tertiary/aromatic N) is 2. The van der Waals surface area contributed by atoms with E-state index in [0.29, 0.717) is 5.82 Å². The van der Waals surface area contributed by atoms with Crippen molar-refractivity contribution in [3.05, 3.63) is 70.3 Å². The Labute approximate surface area is 183 Å². The summed E-state index contributed by atoms with van der Waals surface area (Å²) in [6.07, 6.45) is -1.28. The van der Waals surface area contributed by atoms with Crippen molar-refractivity contribution in [1.82, 2.24) is 15.2 Å². The lowest BCUT2D eigenvalue weighted by atomic mass is 10.2. The molecule has 0 aliphatic heterocycles. The van der Waals surface area contributed by atoms with Crippen LogP contribution in [0.4, 0.5) is 23.2 Å². The molecule has 5 nitrogen and oxygen atoms in total. The number of carbonyl (C=O) groups excluding carboxylic acids is 1. The number of amides is 1. The first-order valence-corrected chi connectivity index (χ1v) is 10.1. The quantitative estimate of drug-likeness (QED) is 0.347. The van der Waals surface area contributed by atoms with Crippen LogP contribution in [0.2, 0.25) is 5.02 Å². The summed E-state index contributed by atoms with van der Waals surface area (Å²) in [6, 6.07) is 9.02. The standard InChI is InChI=1S/C20H15ClF4N4OS/c1-11(18(30)26-14-7-8-16(21)15(10-14)20(23,24)25)31-19-27-17(28-29-19)9-4-12-2-5-13(22)6-3-12/h2-11H,1H3,(H,26,30)(H,27,28,29). The average Bonchev–Trinajstić information content (AvgIpc) is 3.15. The molecule has 0 fully saturated rings. The number of hydrogen-bond acceptors (Lipinski definition) is 4. The summed E-state index contributed by atoms with van der Waals surface area (Å²) in [5.41, 5.74) is -0.285. The van der Waals surface area contributed by atoms with Gasteiger partial charge in [-0.3, -0.25) is 9.89 Å². The van der Waals surface area contributed by atoms with Gasteiger partial charge in [0.2, 0.25) is 11.1 Å². The molecule has 1 heterocycles. The smallest absolute Gasteiger partial charge is 0.325 e. The fraction of sp³-hybridized carbons (Fsp3) is 0.150. The highest BCUT2D eigenvalue weighted by atomic mass is 35.5. The van der Waals surface area contributed by atoms with E-state index in [9.17, 15) is 22.4 Å². The van der Waals surface area contributed by atoms with Crippen LogP contribution >= 0.6 is 23.4 Å². The topological polar surface area (TPSA) is 70.7 Å². The van der Waals surface area contributed by atoms with Crippen LogP contribution in [0.5, 0.6) is 0 Å². The predicted molar refractivity (Wildman–Crippen MR) is 112 cm³/mol. The Kier molecular flexibility index (Phi) is 7.01. The van der Waals surface area contributed by atoms with Crippen molar-refractivity contribution >= 4 is 47.1 Å². The molecule has 0 spiro atoms. The molecule has 2 N–H and O–H groups in total. The van der Waals surface area contributed by atoms with Gasteiger partial charge in [0.25, 0.3) is 0 Å². The normalized spacial score (nSPS) is 12.8. The maximum absolute atomic E-state index is 13.0. The Morgan fingerprint density at radius 2 is 1.90 bits per heavy atom. The van der Waals surface area contributed by atoms with Gasteiger partial charge in [-0.15, -0.1) is 5.10 Å². The Morgan fingerprint density at radius 1 is 1.19 bits per heavy atom. The number of nitrogens with one attached hydrogen (secondary N) is 2. The van der Waals surface area contributed by atoms with E-state index in [4.69, 9.17) is 11.6 Å². The molecular weight excluding hydrogens is 456 g/mol. The van der Waals surface area contributed by atoms with Gasteiger partial charge >= 0.3 is 6.18 Å². The van der Waals surface area contributed by atoms with E-state index in [2.05, 4.69) is 20.5 Å². The minimum Gasteiger partial charge on any atom is -0.325 e. The van der Waals surface area contributed by atoms with Crippen LogP contribution in [0.3, 0.4) is 0 Å². The van der Waals surface area contributed by atoms with Crippen LogP contribution < -0.4 is 5.32 Å². The number of carbonyl (C=O) groups is 1. The molecule has 0 saturated carbocycles. The maximum atomic E-state index is 13.0. The molecule has 1 amide bonds. The van der Waals surface area contributed by atoms with Crippen LogP contribution in [-0.4, -0.2) is 26.3 Å². The van der Waals surface area contributed by atoms with Crippen molar-refractivity contribution in [2.24, 2.45) is 0 Å². The summed E-state index contributed by atoms with van der Waals surface area (Å²) >= 11 is 6.61. The van der Waals surface area contributed by atoms with Crippen molar-refractivity contribution in [3.63, 3.8) is 0 Å². The molecule has 0 aliphatic carbocycles. The lowest BCUT2D eigenvalue weighted by Gasteiger charge is -2.13. The molecule has 0 aliphatic rings. The Balaban J connectivity index is 1.61. The summed E-state index contributed by atoms with van der Waals surface area (Å²) < 4.78 is 51.8. The van der Waals surface area contributed by atoms with E-state index >= 15 is 0 Å². The molecule has 162 valence electrons. The third kappa shape index (κ3) is 6.31. The number of H-pyrrole nitrogens is 1. The van der Waals surface area contributed by atoms with E-state index in [0.717, 1.165) is 29.5 Å². The molecular formula is C20H15ClF4N4OS. The van der Waals surface area contributed by atoms with E-state index in [1.807, 2.05) is 0 Å². The van der Waals surface area contributed by atoms with Gasteiger partial charge in [0, 0.05) is 5.69 Å². The van der Waals surface area contributed by atoms with Gasteiger partial charge in [0.15, 0.2) is 0 Å². The highest BCUT2D eigenvalue weighted by Crippen LogP contribution is 2.36. The minimum absolute atomic E-state index is 0.0212. The molecule has 0 radical (unpaired) electrons. The zero-order valence-corrected chi connectivity index (χ0v) is 17.4. The zero-order valence-electron chi connectivity index (χ0n) is 15.9. The minimum atomic E-state index is -4.63. The number of rotatable bonds is 6. The number of alkyl halides is 3. The highest BCUT2D eigenvalue weighted by Gasteiger charge is 2.33. The molecule has 2 aromatic carbocycles. The fourth-order valence-corrected chi connectivity index (χ4v) is 3.37. The van der Waals surface area contributed by atoms with Crippen LogP contribution in [-0.2, 0) is 11.0 Å². The van der Waals surface area contributed by atoms with Gasteiger partial charge in [-0.05, 0) is 48.9 Å². The second kappa shape index (κ2) is 9.52. The summed E-state index contributed by atoms with van der Waals surface area (Å²) in [5.74, 6) is -0.434. The second-order valence-corrected chi connectivity index (χ2v) is 8.04. The molecule has 1 aromatic heterocycles. The Hall–Kier alpha value is -2.85. The number of halogens is 5. The average molecular weight is 471 g/mol. The summed E-state index contributed by atoms with van der Waals surface area (Å²) in [7, 11) is 0. The SMILES string of the molecule is CC(Sc1n[nH]c(C=Cc2ccc(F)cc2)n1)C(=O)Nc1ccc(Cl)c(C(F)(F)F)c1. The molecule has 0 bridgehead atoms. The first-order chi connectivity index (χ1) is 14.6. The summed E-state index contributed by atoms with van der Waals surface area (Å²) in [4.78, 5) is 16.6. The van der Waals surface area contributed by atoms with Gasteiger partial charge in [0.05, 0.1) is 15.8 Å². The van der Waals surface area contributed by atoms with Crippen molar-refractivity contribution in [1.29, 1.82) is 0 Å². The number of benzene rings is 2. The van der Waals surface area contributed by atoms with E-state index in [1.165, 1.54) is 18.2 Å². The monoisotopic (exact) mass is 470 g/mol. The van der Waals surface area contributed by atoms with Crippen molar-refractivity contribution in [2.75, 3.05) is 5.32 Å². The molecule has 3 rings (SSSR count). The second-order valence-electron chi connectivity index (χ2n) is 6.33. The van der Waals surface area contributed by atoms with Crippen LogP contribution in [0.25, 0.3) is 12.2 Å². The number of aromatic amines is 1. The summed E-state index contributed by atoms with van der Waals surface area (Å²) in [6.45, 7) is 1.57. The first kappa shape index (κ1) is 22.8. The van der Waals surface area contributed by atoms with E-state index in [1.54, 1.807) is 31.2 Å². The lowest BCUT2D eigenvalue weighted by molar-refractivity contribution is -0.137. The summed E-state index contributed by atoms with van der Waals surface area (Å²) in [5, 5.41) is 8.28. The number of anilines is 1. The van der Waals surface area contributed by atoms with Crippen LogP contribution in [0, 0.1) is 5.82 Å². The Bertz CT molecular complexity index is 1100. The third-order valence-corrected chi connectivity index (χ3v) is 5.27. The molecule has 3 aromatic rings. The molecule has 1 atom stereocenters. The van der Waals surface area contributed by atoms with Crippen molar-refractivity contribution < 1.29 is 22.4 Å². The van der Waals surface area contributed by atoms with Crippen molar-refractivity contribution in [2.45, 2.75) is 23.5 Å². The van der Waals surface area contributed by atoms with Gasteiger partial charge in [-0.1, -0.05) is 41.6 Å². The molecule has 11 heteroatoms. The molecule has 31 heavy (non-hydrogen) atoms. The van der Waals surface area contributed by atoms with Crippen molar-refractivity contribution in [3.8, 4) is 0 Å². The van der Waals surface area contributed by atoms with Gasteiger partial charge in [-0.2, -0.15) is 13.2 Å². The zero-order chi connectivity index (χ0) is 22.6. The molecule has 1 unspecified atom stereocenters. The fourth-order valence-electron chi connectivity index (χ4n) is 2.41. The number of aromatic nitrogens is 3. The predicted octanol–water partition coefficient (Wildman–Crippen LogP) is 5.91. The van der Waals surface area contributed by atoms with Crippen LogP contribution in [0.15, 0.2) is 47.6 Å². The van der Waals surface area contributed by atoms with E-state index < -0.39 is 27.9 Å². The van der Waals surface area contributed by atoms with E-state index in [-0.39, 0.29) is 16.7 Å². The third-order valence-electron chi connectivity index (χ3n) is 3.98. The Morgan fingerprint density at radius 3 is 2.58 bits per heavy atom. The number of thioether (sulfide) groups is 1. The lowest BCUT2D eigenvalue weighted by Crippen LogP contribution is -2.22. The number of hydrogen-bond donors (Lipinski definition) is 2. The van der Waals surface area contributed by atoms with Crippen LogP contribution in [0.1, 0.15) is 23.9 Å².